The Morgan fingerprint density at radius 2 is 1.00 bits per heavy atom. The average Bonchev–Trinajstić information content (AvgIpc) is 3.06. The van der Waals surface area contributed by atoms with E-state index in [0.29, 0.717) is 6.61 Å². The molecule has 1 aliphatic rings. The van der Waals surface area contributed by atoms with E-state index in [0.717, 1.165) is 45.6 Å². The molecular weight excluding hydrogens is 604 g/mol. The molecule has 0 spiro atoms. The fourth-order valence-corrected chi connectivity index (χ4v) is 7.03. The molecule has 1 fully saturated rings. The van der Waals surface area contributed by atoms with E-state index in [2.05, 4.69) is 30.6 Å². The van der Waals surface area contributed by atoms with E-state index in [9.17, 15) is 9.59 Å². The van der Waals surface area contributed by atoms with Gasteiger partial charge in [0.05, 0.1) is 12.7 Å². The van der Waals surface area contributed by atoms with Gasteiger partial charge in [-0.2, -0.15) is 0 Å². The topological polar surface area (TPSA) is 77.5 Å². The maximum absolute atomic E-state index is 12.0. The highest BCUT2D eigenvalue weighted by atomic mass is 16.7. The molecule has 8 nitrogen and oxygen atoms in total. The highest BCUT2D eigenvalue weighted by molar-refractivity contribution is 5.67. The molecule has 0 aromatic heterocycles. The molecular formula is C40H78N2O6. The summed E-state index contributed by atoms with van der Waals surface area (Å²) in [6.45, 7) is 20.8. The Hall–Kier alpha value is -1.22. The molecule has 0 radical (unpaired) electrons. The number of rotatable bonds is 31. The van der Waals surface area contributed by atoms with E-state index in [4.69, 9.17) is 18.9 Å². The molecule has 5 atom stereocenters. The largest absolute Gasteiger partial charge is 0.458 e. The van der Waals surface area contributed by atoms with Crippen molar-refractivity contribution in [2.24, 2.45) is 5.92 Å². The second-order valence-electron chi connectivity index (χ2n) is 14.3. The van der Waals surface area contributed by atoms with E-state index >= 15 is 0 Å². The van der Waals surface area contributed by atoms with Crippen molar-refractivity contribution >= 4 is 11.9 Å². The number of esters is 2. The Kier molecular flexibility index (Phi) is 27.5. The molecule has 284 valence electrons. The fourth-order valence-electron chi connectivity index (χ4n) is 7.03. The third kappa shape index (κ3) is 21.1. The third-order valence-electron chi connectivity index (χ3n) is 9.96. The monoisotopic (exact) mass is 683 g/mol. The van der Waals surface area contributed by atoms with Crippen LogP contribution >= 0.6 is 0 Å². The SMILES string of the molecule is CCCCCCCCCCN(CC)CCCN(CCCCCCCCCC)CCCOC1OC(CC)C(C)C(OC(C)=O)C1OC(C)=O. The van der Waals surface area contributed by atoms with Gasteiger partial charge < -0.3 is 28.7 Å². The summed E-state index contributed by atoms with van der Waals surface area (Å²) < 4.78 is 23.8. The van der Waals surface area contributed by atoms with Crippen LogP contribution in [-0.2, 0) is 28.5 Å². The number of carbonyl (C=O) groups is 2. The Morgan fingerprint density at radius 1 is 0.562 bits per heavy atom. The maximum Gasteiger partial charge on any atom is 0.303 e. The van der Waals surface area contributed by atoms with E-state index in [-0.39, 0.29) is 12.0 Å². The zero-order valence-electron chi connectivity index (χ0n) is 32.6. The second kappa shape index (κ2) is 29.5. The van der Waals surface area contributed by atoms with Gasteiger partial charge in [0.15, 0.2) is 12.4 Å². The molecule has 1 heterocycles. The number of ether oxygens (including phenoxy) is 4. The van der Waals surface area contributed by atoms with Gasteiger partial charge in [-0.3, -0.25) is 9.59 Å². The van der Waals surface area contributed by atoms with Crippen LogP contribution in [0.5, 0.6) is 0 Å². The second-order valence-corrected chi connectivity index (χ2v) is 14.3. The van der Waals surface area contributed by atoms with Crippen LogP contribution in [0.4, 0.5) is 0 Å². The Morgan fingerprint density at radius 3 is 1.50 bits per heavy atom. The third-order valence-corrected chi connectivity index (χ3v) is 9.96. The number of hydrogen-bond donors (Lipinski definition) is 0. The molecule has 0 amide bonds. The van der Waals surface area contributed by atoms with Gasteiger partial charge in [-0.15, -0.1) is 0 Å². The van der Waals surface area contributed by atoms with Gasteiger partial charge in [0.1, 0.15) is 6.10 Å². The van der Waals surface area contributed by atoms with Gasteiger partial charge >= 0.3 is 11.9 Å². The van der Waals surface area contributed by atoms with Gasteiger partial charge in [-0.1, -0.05) is 125 Å². The van der Waals surface area contributed by atoms with Crippen molar-refractivity contribution in [2.45, 2.75) is 195 Å². The highest BCUT2D eigenvalue weighted by Crippen LogP contribution is 2.32. The lowest BCUT2D eigenvalue weighted by Crippen LogP contribution is -2.57. The first-order chi connectivity index (χ1) is 23.3. The lowest BCUT2D eigenvalue weighted by atomic mass is 9.89. The van der Waals surface area contributed by atoms with Crippen molar-refractivity contribution in [2.75, 3.05) is 45.9 Å². The molecule has 48 heavy (non-hydrogen) atoms. The summed E-state index contributed by atoms with van der Waals surface area (Å²) in [5, 5.41) is 0. The molecule has 0 bridgehead atoms. The summed E-state index contributed by atoms with van der Waals surface area (Å²) in [7, 11) is 0. The number of hydrogen-bond acceptors (Lipinski definition) is 8. The van der Waals surface area contributed by atoms with Gasteiger partial charge in [0.25, 0.3) is 0 Å². The minimum atomic E-state index is -0.779. The van der Waals surface area contributed by atoms with Crippen molar-refractivity contribution < 1.29 is 28.5 Å². The summed E-state index contributed by atoms with van der Waals surface area (Å²) in [6, 6.07) is 0. The number of unbranched alkanes of at least 4 members (excludes halogenated alkanes) is 14. The predicted molar refractivity (Wildman–Crippen MR) is 198 cm³/mol. The van der Waals surface area contributed by atoms with Crippen LogP contribution in [0.3, 0.4) is 0 Å². The fraction of sp³-hybridized carbons (Fsp3) is 0.950. The van der Waals surface area contributed by atoms with Gasteiger partial charge in [-0.25, -0.2) is 0 Å². The summed E-state index contributed by atoms with van der Waals surface area (Å²) >= 11 is 0. The Labute approximate surface area is 296 Å². The van der Waals surface area contributed by atoms with E-state index < -0.39 is 30.4 Å². The first kappa shape index (κ1) is 44.8. The summed E-state index contributed by atoms with van der Waals surface area (Å²) in [5.41, 5.74) is 0. The Bertz CT molecular complexity index is 783. The first-order valence-electron chi connectivity index (χ1n) is 20.3. The van der Waals surface area contributed by atoms with Crippen molar-refractivity contribution in [1.82, 2.24) is 9.80 Å². The molecule has 5 unspecified atom stereocenters. The van der Waals surface area contributed by atoms with Gasteiger partial charge in [0.2, 0.25) is 0 Å². The van der Waals surface area contributed by atoms with Crippen LogP contribution in [-0.4, -0.2) is 92.2 Å². The number of carbonyl (C=O) groups excluding carboxylic acids is 2. The zero-order valence-corrected chi connectivity index (χ0v) is 32.6. The molecule has 1 saturated heterocycles. The quantitative estimate of drug-likeness (QED) is 0.0529. The molecule has 0 aliphatic carbocycles. The van der Waals surface area contributed by atoms with Crippen molar-refractivity contribution in [3.8, 4) is 0 Å². The lowest BCUT2D eigenvalue weighted by Gasteiger charge is -2.44. The highest BCUT2D eigenvalue weighted by Gasteiger charge is 2.47. The minimum Gasteiger partial charge on any atom is -0.458 e. The van der Waals surface area contributed by atoms with Crippen LogP contribution in [0.15, 0.2) is 0 Å². The predicted octanol–water partition coefficient (Wildman–Crippen LogP) is 9.32. The molecule has 1 rings (SSSR count). The molecule has 0 saturated carbocycles. The maximum atomic E-state index is 12.0. The van der Waals surface area contributed by atoms with Gasteiger partial charge in [-0.05, 0) is 64.8 Å². The lowest BCUT2D eigenvalue weighted by molar-refractivity contribution is -0.290. The van der Waals surface area contributed by atoms with Crippen molar-refractivity contribution in [1.29, 1.82) is 0 Å². The Balaban J connectivity index is 2.63. The molecule has 0 N–H and O–H groups in total. The van der Waals surface area contributed by atoms with Crippen molar-refractivity contribution in [3.63, 3.8) is 0 Å². The number of nitrogens with zero attached hydrogens (tertiary/aromatic N) is 2. The average molecular weight is 683 g/mol. The molecule has 0 aromatic rings. The summed E-state index contributed by atoms with van der Waals surface area (Å²) in [6.07, 6.45) is 22.1. The minimum absolute atomic E-state index is 0.108. The van der Waals surface area contributed by atoms with Crippen LogP contribution < -0.4 is 0 Å². The first-order valence-corrected chi connectivity index (χ1v) is 20.3. The summed E-state index contributed by atoms with van der Waals surface area (Å²) in [4.78, 5) is 29.2. The van der Waals surface area contributed by atoms with E-state index in [1.165, 1.54) is 130 Å². The normalized spacial score (nSPS) is 21.2. The van der Waals surface area contributed by atoms with Gasteiger partial charge in [0, 0.05) is 26.3 Å². The summed E-state index contributed by atoms with van der Waals surface area (Å²) in [5.74, 6) is -0.935. The van der Waals surface area contributed by atoms with Crippen LogP contribution in [0.1, 0.15) is 170 Å². The van der Waals surface area contributed by atoms with Crippen LogP contribution in [0.2, 0.25) is 0 Å². The molecule has 1 aliphatic heterocycles. The van der Waals surface area contributed by atoms with E-state index in [1.54, 1.807) is 0 Å². The smallest absolute Gasteiger partial charge is 0.303 e. The molecule has 8 heteroatoms. The van der Waals surface area contributed by atoms with Crippen LogP contribution in [0.25, 0.3) is 0 Å². The van der Waals surface area contributed by atoms with E-state index in [1.807, 2.05) is 13.8 Å². The standard InChI is InChI=1S/C40H78N2O6/c1-8-12-14-16-18-20-22-24-28-41(11-4)30-26-31-42(29-25-23-21-19-17-15-13-9-2)32-27-33-45-40-39(47-36(7)44)38(46-35(6)43)34(5)37(10-3)48-40/h34,37-40H,8-33H2,1-7H3. The van der Waals surface area contributed by atoms with Crippen LogP contribution in [0, 0.1) is 5.92 Å². The zero-order chi connectivity index (χ0) is 35.4. The molecule has 0 aromatic carbocycles. The van der Waals surface area contributed by atoms with Crippen molar-refractivity contribution in [3.05, 3.63) is 0 Å².